The van der Waals surface area contributed by atoms with Crippen molar-refractivity contribution >= 4 is 57.9 Å². The van der Waals surface area contributed by atoms with Gasteiger partial charge in [-0.05, 0) is 6.26 Å². The predicted octanol–water partition coefficient (Wildman–Crippen LogP) is 0.506. The number of rotatable bonds is 7. The number of nitrogens with zero attached hydrogens (tertiary/aromatic N) is 4. The van der Waals surface area contributed by atoms with Crippen LogP contribution in [0.5, 0.6) is 0 Å². The van der Waals surface area contributed by atoms with Crippen LogP contribution in [-0.2, 0) is 33.3 Å². The molecule has 1 aliphatic rings. The first-order valence-corrected chi connectivity index (χ1v) is 11.0. The highest BCUT2D eigenvalue weighted by atomic mass is 32.2. The predicted molar refractivity (Wildman–Crippen MR) is 115 cm³/mol. The van der Waals surface area contributed by atoms with Crippen molar-refractivity contribution in [1.29, 1.82) is 0 Å². The topological polar surface area (TPSA) is 158 Å². The maximum absolute atomic E-state index is 11.9. The summed E-state index contributed by atoms with van der Waals surface area (Å²) >= 11 is 6.49. The molecule has 1 saturated heterocycles. The van der Waals surface area contributed by atoms with Gasteiger partial charge in [-0.3, -0.25) is 14.4 Å². The number of hydrogen-bond acceptors (Lipinski definition) is 12. The van der Waals surface area contributed by atoms with Crippen LogP contribution in [-0.4, -0.2) is 73.8 Å². The molecule has 12 nitrogen and oxygen atoms in total. The van der Waals surface area contributed by atoms with Gasteiger partial charge in [0, 0.05) is 20.8 Å². The second-order valence-corrected chi connectivity index (χ2v) is 7.99. The lowest BCUT2D eigenvalue weighted by molar-refractivity contribution is -0.166. The van der Waals surface area contributed by atoms with Crippen LogP contribution >= 0.6 is 24.0 Å². The number of carbonyl (C=O) groups is 3. The van der Waals surface area contributed by atoms with Crippen molar-refractivity contribution in [1.82, 2.24) is 19.7 Å². The Labute approximate surface area is 192 Å². The van der Waals surface area contributed by atoms with Gasteiger partial charge in [0.15, 0.2) is 24.1 Å². The third kappa shape index (κ3) is 4.81. The number of thioether (sulfide) groups is 1. The highest BCUT2D eigenvalue weighted by molar-refractivity contribution is 7.98. The van der Waals surface area contributed by atoms with Crippen LogP contribution in [0.15, 0.2) is 11.4 Å². The number of esters is 3. The Balaban J connectivity index is 2.14. The van der Waals surface area contributed by atoms with Gasteiger partial charge in [-0.2, -0.15) is 5.10 Å². The number of aromatic nitrogens is 4. The maximum Gasteiger partial charge on any atom is 0.303 e. The molecule has 1 fully saturated rings. The standard InChI is InChI=1S/C18H21N5O7S2/c1-7(24)27-5-10-13(28-8(2)25)14(29-9(3)26)18(30-10)23-16-11(12(22-23)15(19)31)17(32-4)21-6-20-16/h6,10,13-14,18H,5H2,1-4H3,(H2,19,31)/t10-,13-,14-,18-/m1/s1. The third-order valence-corrected chi connectivity index (χ3v) is 5.35. The second kappa shape index (κ2) is 9.75. The Hall–Kier alpha value is -2.84. The van der Waals surface area contributed by atoms with Crippen LogP contribution in [0.3, 0.4) is 0 Å². The molecule has 32 heavy (non-hydrogen) atoms. The zero-order valence-corrected chi connectivity index (χ0v) is 19.3. The van der Waals surface area contributed by atoms with E-state index in [1.807, 2.05) is 6.26 Å². The summed E-state index contributed by atoms with van der Waals surface area (Å²) in [5.41, 5.74) is 6.45. The van der Waals surface area contributed by atoms with E-state index in [-0.39, 0.29) is 17.3 Å². The van der Waals surface area contributed by atoms with Crippen LogP contribution < -0.4 is 5.73 Å². The average Bonchev–Trinajstić information content (AvgIpc) is 3.24. The van der Waals surface area contributed by atoms with Crippen molar-refractivity contribution in [3.05, 3.63) is 12.0 Å². The Bertz CT molecular complexity index is 1080. The number of ether oxygens (including phenoxy) is 4. The Kier molecular flexibility index (Phi) is 7.26. The van der Waals surface area contributed by atoms with Crippen molar-refractivity contribution in [2.45, 2.75) is 50.3 Å². The average molecular weight is 484 g/mol. The summed E-state index contributed by atoms with van der Waals surface area (Å²) in [5.74, 6) is -1.83. The van der Waals surface area contributed by atoms with E-state index in [0.717, 1.165) is 0 Å². The molecule has 0 radical (unpaired) electrons. The fourth-order valence-electron chi connectivity index (χ4n) is 3.34. The summed E-state index contributed by atoms with van der Waals surface area (Å²) in [6.07, 6.45) is -1.06. The lowest BCUT2D eigenvalue weighted by Crippen LogP contribution is -2.40. The maximum atomic E-state index is 11.9. The zero-order chi connectivity index (χ0) is 23.6. The summed E-state index contributed by atoms with van der Waals surface area (Å²) in [7, 11) is 0. The molecule has 4 atom stereocenters. The molecule has 0 spiro atoms. The number of carbonyl (C=O) groups excluding carboxylic acids is 3. The van der Waals surface area contributed by atoms with Crippen LogP contribution in [0.25, 0.3) is 11.0 Å². The molecule has 0 aliphatic carbocycles. The first-order valence-electron chi connectivity index (χ1n) is 9.34. The minimum absolute atomic E-state index is 0.00822. The van der Waals surface area contributed by atoms with E-state index >= 15 is 0 Å². The van der Waals surface area contributed by atoms with Crippen LogP contribution in [0, 0.1) is 0 Å². The van der Waals surface area contributed by atoms with Crippen molar-refractivity contribution in [3.8, 4) is 0 Å². The van der Waals surface area contributed by atoms with E-state index in [4.69, 9.17) is 36.9 Å². The molecule has 3 heterocycles. The Morgan fingerprint density at radius 2 is 1.81 bits per heavy atom. The molecule has 2 aromatic rings. The van der Waals surface area contributed by atoms with E-state index in [1.54, 1.807) is 0 Å². The van der Waals surface area contributed by atoms with Crippen LogP contribution in [0.4, 0.5) is 0 Å². The van der Waals surface area contributed by atoms with E-state index in [1.165, 1.54) is 43.5 Å². The van der Waals surface area contributed by atoms with Crippen molar-refractivity contribution < 1.29 is 33.3 Å². The molecule has 2 aromatic heterocycles. The summed E-state index contributed by atoms with van der Waals surface area (Å²) < 4.78 is 23.2. The van der Waals surface area contributed by atoms with E-state index in [2.05, 4.69) is 15.1 Å². The molecule has 172 valence electrons. The third-order valence-electron chi connectivity index (χ3n) is 4.46. The lowest BCUT2D eigenvalue weighted by atomic mass is 10.1. The molecule has 1 aliphatic heterocycles. The number of fused-ring (bicyclic) bond motifs is 1. The van der Waals surface area contributed by atoms with Gasteiger partial charge < -0.3 is 24.7 Å². The highest BCUT2D eigenvalue weighted by Crippen LogP contribution is 2.37. The highest BCUT2D eigenvalue weighted by Gasteiger charge is 2.51. The minimum atomic E-state index is -1.12. The van der Waals surface area contributed by atoms with E-state index in [0.29, 0.717) is 16.1 Å². The molecule has 14 heteroatoms. The minimum Gasteiger partial charge on any atom is -0.463 e. The van der Waals surface area contributed by atoms with Gasteiger partial charge in [0.05, 0.1) is 5.39 Å². The van der Waals surface area contributed by atoms with Gasteiger partial charge in [-0.1, -0.05) is 12.2 Å². The van der Waals surface area contributed by atoms with Gasteiger partial charge in [-0.25, -0.2) is 14.6 Å². The molecule has 0 amide bonds. The summed E-state index contributed by atoms with van der Waals surface area (Å²) in [4.78, 5) is 43.4. The van der Waals surface area contributed by atoms with E-state index in [9.17, 15) is 14.4 Å². The summed E-state index contributed by atoms with van der Waals surface area (Å²) in [6, 6.07) is 0. The summed E-state index contributed by atoms with van der Waals surface area (Å²) in [5, 5.41) is 5.54. The monoisotopic (exact) mass is 483 g/mol. The van der Waals surface area contributed by atoms with Crippen LogP contribution in [0.1, 0.15) is 32.7 Å². The number of nitrogens with two attached hydrogens (primary N) is 1. The molecule has 0 unspecified atom stereocenters. The zero-order valence-electron chi connectivity index (χ0n) is 17.6. The molecule has 0 saturated carbocycles. The van der Waals surface area contributed by atoms with Gasteiger partial charge in [0.25, 0.3) is 0 Å². The summed E-state index contributed by atoms with van der Waals surface area (Å²) in [6.45, 7) is 3.39. The molecule has 3 rings (SSSR count). The molecular formula is C18H21N5O7S2. The number of hydrogen-bond donors (Lipinski definition) is 1. The number of thiocarbonyl (C=S) groups is 1. The Morgan fingerprint density at radius 3 is 2.38 bits per heavy atom. The van der Waals surface area contributed by atoms with Crippen molar-refractivity contribution in [2.24, 2.45) is 5.73 Å². The van der Waals surface area contributed by atoms with Gasteiger partial charge in [0.2, 0.25) is 0 Å². The molecule has 0 bridgehead atoms. The molecule has 2 N–H and O–H groups in total. The Morgan fingerprint density at radius 1 is 1.16 bits per heavy atom. The fraction of sp³-hybridized carbons (Fsp3) is 0.500. The lowest BCUT2D eigenvalue weighted by Gasteiger charge is -2.23. The van der Waals surface area contributed by atoms with Gasteiger partial charge in [0.1, 0.15) is 34.7 Å². The van der Waals surface area contributed by atoms with Gasteiger partial charge in [-0.15, -0.1) is 11.8 Å². The SMILES string of the molecule is CSc1ncnc2c1c(C(N)=S)nn2[C@@H]1O[C@H](COC(C)=O)[C@@H](OC(C)=O)[C@H]1OC(C)=O. The first-order chi connectivity index (χ1) is 15.1. The largest absolute Gasteiger partial charge is 0.463 e. The smallest absolute Gasteiger partial charge is 0.303 e. The molecule has 0 aromatic carbocycles. The quantitative estimate of drug-likeness (QED) is 0.191. The fourth-order valence-corrected chi connectivity index (χ4v) is 4.03. The molecular weight excluding hydrogens is 462 g/mol. The van der Waals surface area contributed by atoms with Crippen molar-refractivity contribution in [3.63, 3.8) is 0 Å². The second-order valence-electron chi connectivity index (χ2n) is 6.75. The normalized spacial score (nSPS) is 22.5. The van der Waals surface area contributed by atoms with Gasteiger partial charge >= 0.3 is 17.9 Å². The first kappa shape index (κ1) is 23.8. The van der Waals surface area contributed by atoms with Crippen molar-refractivity contribution in [2.75, 3.05) is 12.9 Å². The van der Waals surface area contributed by atoms with E-state index < -0.39 is 42.4 Å². The van der Waals surface area contributed by atoms with Crippen LogP contribution in [0.2, 0.25) is 0 Å².